The number of aromatic nitrogens is 3. The number of ketones is 1. The van der Waals surface area contributed by atoms with Crippen molar-refractivity contribution < 1.29 is 19.1 Å². The van der Waals surface area contributed by atoms with Crippen LogP contribution in [0.25, 0.3) is 11.0 Å². The molecule has 2 fully saturated rings. The number of carbonyl (C=O) groups is 2. The number of hydrogen-bond acceptors (Lipinski definition) is 9. The number of Topliss-reactive ketones (excluding diaryl/α,β-unsaturated/α-hetero) is 1. The van der Waals surface area contributed by atoms with Gasteiger partial charge in [0.25, 0.3) is 5.56 Å². The second kappa shape index (κ2) is 11.0. The molecule has 1 aromatic carbocycles. The number of aryl methyl sites for hydroxylation is 1. The fourth-order valence-electron chi connectivity index (χ4n) is 6.25. The molecule has 0 atom stereocenters. The number of ether oxygens (including phenoxy) is 2. The van der Waals surface area contributed by atoms with Gasteiger partial charge in [0.2, 0.25) is 5.95 Å². The maximum atomic E-state index is 13.5. The van der Waals surface area contributed by atoms with Crippen molar-refractivity contribution in [1.82, 2.24) is 19.4 Å². The Morgan fingerprint density at radius 2 is 1.91 bits per heavy atom. The first-order valence-corrected chi connectivity index (χ1v) is 14.9. The van der Waals surface area contributed by atoms with E-state index in [1.807, 2.05) is 45.0 Å². The van der Waals surface area contributed by atoms with Gasteiger partial charge in [0.15, 0.2) is 5.78 Å². The van der Waals surface area contributed by atoms with E-state index in [2.05, 4.69) is 15.2 Å². The summed E-state index contributed by atoms with van der Waals surface area (Å²) in [4.78, 5) is 51.9. The Balaban J connectivity index is 1.27. The normalized spacial score (nSPS) is 17.1. The van der Waals surface area contributed by atoms with Crippen molar-refractivity contribution in [2.75, 3.05) is 36.5 Å². The first-order valence-electron chi connectivity index (χ1n) is 14.9. The minimum Gasteiger partial charge on any atom is -0.487 e. The molecular weight excluding hydrogens is 548 g/mol. The van der Waals surface area contributed by atoms with E-state index in [0.29, 0.717) is 54.5 Å². The number of anilines is 3. The summed E-state index contributed by atoms with van der Waals surface area (Å²) < 4.78 is 13.4. The van der Waals surface area contributed by atoms with Gasteiger partial charge in [-0.3, -0.25) is 14.2 Å². The summed E-state index contributed by atoms with van der Waals surface area (Å²) in [5.74, 6) is 0.812. The van der Waals surface area contributed by atoms with Crippen LogP contribution in [0.15, 0.2) is 41.0 Å². The fourth-order valence-corrected chi connectivity index (χ4v) is 6.25. The lowest BCUT2D eigenvalue weighted by molar-refractivity contribution is 0.0257. The van der Waals surface area contributed by atoms with Crippen LogP contribution >= 0.6 is 0 Å². The SMILES string of the molecule is CC(=O)c1c(C)c2cnc(Nc3ccc4c(c3)OCC=C3CN(C(=O)OC(C)(C)C)CCN34)nc2n(C2CCCC2)c1=O. The molecule has 11 nitrogen and oxygen atoms in total. The number of nitrogens with one attached hydrogen (secondary N) is 1. The average molecular weight is 587 g/mol. The Morgan fingerprint density at radius 3 is 2.63 bits per heavy atom. The van der Waals surface area contributed by atoms with Crippen LogP contribution in [0.4, 0.5) is 22.1 Å². The van der Waals surface area contributed by atoms with Gasteiger partial charge < -0.3 is 24.6 Å². The number of fused-ring (bicyclic) bond motifs is 4. The molecule has 2 aromatic heterocycles. The van der Waals surface area contributed by atoms with E-state index < -0.39 is 5.60 Å². The molecule has 1 N–H and O–H groups in total. The van der Waals surface area contributed by atoms with Gasteiger partial charge in [-0.05, 0) is 71.2 Å². The maximum absolute atomic E-state index is 13.5. The highest BCUT2D eigenvalue weighted by molar-refractivity contribution is 5.99. The van der Waals surface area contributed by atoms with Crippen LogP contribution in [0.1, 0.15) is 75.3 Å². The Bertz CT molecular complexity index is 1700. The smallest absolute Gasteiger partial charge is 0.410 e. The molecule has 1 saturated heterocycles. The molecule has 1 amide bonds. The summed E-state index contributed by atoms with van der Waals surface area (Å²) in [7, 11) is 0. The third-order valence-corrected chi connectivity index (χ3v) is 8.26. The van der Waals surface area contributed by atoms with Crippen LogP contribution in [-0.2, 0) is 4.74 Å². The molecule has 3 aromatic rings. The van der Waals surface area contributed by atoms with E-state index in [1.54, 1.807) is 22.6 Å². The van der Waals surface area contributed by atoms with Gasteiger partial charge in [-0.25, -0.2) is 9.78 Å². The zero-order valence-electron chi connectivity index (χ0n) is 25.4. The third kappa shape index (κ3) is 5.55. The maximum Gasteiger partial charge on any atom is 0.410 e. The second-order valence-electron chi connectivity index (χ2n) is 12.5. The lowest BCUT2D eigenvalue weighted by Gasteiger charge is -2.38. The number of carbonyl (C=O) groups excluding carboxylic acids is 2. The number of pyridine rings is 1. The van der Waals surface area contributed by atoms with Gasteiger partial charge >= 0.3 is 6.09 Å². The quantitative estimate of drug-likeness (QED) is 0.396. The van der Waals surface area contributed by atoms with Crippen LogP contribution in [0.3, 0.4) is 0 Å². The first kappa shape index (κ1) is 28.7. The van der Waals surface area contributed by atoms with Gasteiger partial charge in [0.05, 0.1) is 17.8 Å². The molecule has 0 radical (unpaired) electrons. The Kier molecular flexibility index (Phi) is 7.35. The molecule has 43 heavy (non-hydrogen) atoms. The van der Waals surface area contributed by atoms with Crippen molar-refractivity contribution in [3.63, 3.8) is 0 Å². The van der Waals surface area contributed by atoms with Crippen LogP contribution < -0.4 is 20.5 Å². The number of benzene rings is 1. The Morgan fingerprint density at radius 1 is 1.14 bits per heavy atom. The van der Waals surface area contributed by atoms with Gasteiger partial charge in [0, 0.05) is 48.2 Å². The first-order chi connectivity index (χ1) is 20.5. The summed E-state index contributed by atoms with van der Waals surface area (Å²) in [6.45, 7) is 10.8. The largest absolute Gasteiger partial charge is 0.487 e. The zero-order valence-corrected chi connectivity index (χ0v) is 25.4. The third-order valence-electron chi connectivity index (χ3n) is 8.26. The van der Waals surface area contributed by atoms with Crippen LogP contribution in [0, 0.1) is 6.92 Å². The van der Waals surface area contributed by atoms with Gasteiger partial charge in [-0.2, -0.15) is 4.98 Å². The van der Waals surface area contributed by atoms with E-state index in [0.717, 1.165) is 42.8 Å². The molecule has 0 bridgehead atoms. The standard InChI is InChI=1S/C32H38N6O5/c1-19-24-17-33-30(35-28(24)38(22-8-6-7-9-22)29(40)27(19)20(2)39)34-21-10-11-25-26(16-21)42-15-12-23-18-36(13-14-37(23)25)31(41)43-32(3,4)5/h10-12,16-17,22H,6-9,13-15,18H2,1-5H3,(H,33,34,35). The highest BCUT2D eigenvalue weighted by Crippen LogP contribution is 2.38. The molecular formula is C32H38N6O5. The fraction of sp³-hybridized carbons (Fsp3) is 0.469. The van der Waals surface area contributed by atoms with Crippen molar-refractivity contribution >= 4 is 40.2 Å². The van der Waals surface area contributed by atoms with Gasteiger partial charge in [0.1, 0.15) is 23.6 Å². The topological polar surface area (TPSA) is 119 Å². The summed E-state index contributed by atoms with van der Waals surface area (Å²) >= 11 is 0. The van der Waals surface area contributed by atoms with Crippen LogP contribution in [0.2, 0.25) is 0 Å². The van der Waals surface area contributed by atoms with Crippen molar-refractivity contribution in [3.8, 4) is 5.75 Å². The average Bonchev–Trinajstić information content (AvgIpc) is 3.40. The number of rotatable bonds is 4. The highest BCUT2D eigenvalue weighted by atomic mass is 16.6. The number of nitrogens with zero attached hydrogens (tertiary/aromatic N) is 5. The number of hydrogen-bond donors (Lipinski definition) is 1. The van der Waals surface area contributed by atoms with Crippen molar-refractivity contribution in [1.29, 1.82) is 0 Å². The summed E-state index contributed by atoms with van der Waals surface area (Å²) in [6.07, 6.45) is 7.21. The highest BCUT2D eigenvalue weighted by Gasteiger charge is 2.31. The lowest BCUT2D eigenvalue weighted by Crippen LogP contribution is -2.48. The van der Waals surface area contributed by atoms with Gasteiger partial charge in [-0.1, -0.05) is 12.8 Å². The molecule has 11 heteroatoms. The summed E-state index contributed by atoms with van der Waals surface area (Å²) in [5.41, 5.74) is 3.18. The van der Waals surface area contributed by atoms with E-state index in [1.165, 1.54) is 6.92 Å². The summed E-state index contributed by atoms with van der Waals surface area (Å²) in [6, 6.07) is 5.84. The minimum absolute atomic E-state index is 0.00910. The number of piperazine rings is 1. The molecule has 0 spiro atoms. The molecule has 3 aliphatic rings. The van der Waals surface area contributed by atoms with E-state index >= 15 is 0 Å². The zero-order chi connectivity index (χ0) is 30.5. The Hall–Kier alpha value is -4.41. The second-order valence-corrected chi connectivity index (χ2v) is 12.5. The monoisotopic (exact) mass is 586 g/mol. The van der Waals surface area contributed by atoms with Crippen molar-refractivity contribution in [2.24, 2.45) is 0 Å². The van der Waals surface area contributed by atoms with E-state index in [9.17, 15) is 14.4 Å². The van der Waals surface area contributed by atoms with Crippen LogP contribution in [0.5, 0.6) is 5.75 Å². The van der Waals surface area contributed by atoms with E-state index in [4.69, 9.17) is 14.5 Å². The lowest BCUT2D eigenvalue weighted by atomic mass is 10.0. The molecule has 1 saturated carbocycles. The molecule has 6 rings (SSSR count). The van der Waals surface area contributed by atoms with Crippen molar-refractivity contribution in [2.45, 2.75) is 71.9 Å². The molecule has 4 heterocycles. The molecule has 226 valence electrons. The van der Waals surface area contributed by atoms with Crippen molar-refractivity contribution in [3.05, 3.63) is 57.6 Å². The molecule has 0 unspecified atom stereocenters. The molecule has 2 aliphatic heterocycles. The molecule has 1 aliphatic carbocycles. The predicted octanol–water partition coefficient (Wildman–Crippen LogP) is 5.49. The Labute approximate surface area is 250 Å². The van der Waals surface area contributed by atoms with Gasteiger partial charge in [-0.15, -0.1) is 0 Å². The predicted molar refractivity (Wildman–Crippen MR) is 165 cm³/mol. The number of amides is 1. The van der Waals surface area contributed by atoms with Crippen LogP contribution in [-0.4, -0.2) is 63.2 Å². The summed E-state index contributed by atoms with van der Waals surface area (Å²) in [5, 5.41) is 3.99. The van der Waals surface area contributed by atoms with E-state index in [-0.39, 0.29) is 29.0 Å². The minimum atomic E-state index is -0.551.